The lowest BCUT2D eigenvalue weighted by molar-refractivity contribution is -0.155. The van der Waals surface area contributed by atoms with Gasteiger partial charge in [-0.05, 0) is 36.9 Å². The van der Waals surface area contributed by atoms with E-state index in [1.807, 2.05) is 24.4 Å². The standard InChI is InChI=1S/C24H26N2O6S/c1-3-9-24(23(29)30-4-2)19-18(20(25-24)17-6-5-12-33-17)21(27)26(22(19)28)14-7-8-15-16(13-14)32-11-10-31-15/h5-8,12-13,18-20,25H,3-4,9-11H2,1-2H3/t18-,19+,20-,24+/m1/s1. The molecular weight excluding hydrogens is 444 g/mol. The van der Waals surface area contributed by atoms with Gasteiger partial charge in [0.2, 0.25) is 11.8 Å². The monoisotopic (exact) mass is 470 g/mol. The van der Waals surface area contributed by atoms with Crippen molar-refractivity contribution < 1.29 is 28.6 Å². The Bertz CT molecular complexity index is 1090. The van der Waals surface area contributed by atoms with E-state index in [-0.39, 0.29) is 12.5 Å². The summed E-state index contributed by atoms with van der Waals surface area (Å²) in [6, 6.07) is 8.43. The van der Waals surface area contributed by atoms with E-state index in [4.69, 9.17) is 14.2 Å². The number of hydrogen-bond acceptors (Lipinski definition) is 8. The molecule has 3 aliphatic rings. The van der Waals surface area contributed by atoms with Gasteiger partial charge in [-0.2, -0.15) is 0 Å². The van der Waals surface area contributed by atoms with Crippen LogP contribution in [0.25, 0.3) is 0 Å². The van der Waals surface area contributed by atoms with Gasteiger partial charge in [-0.15, -0.1) is 11.3 Å². The van der Waals surface area contributed by atoms with Crippen molar-refractivity contribution in [1.82, 2.24) is 5.32 Å². The van der Waals surface area contributed by atoms with Crippen molar-refractivity contribution in [2.75, 3.05) is 24.7 Å². The number of amides is 2. The number of fused-ring (bicyclic) bond motifs is 2. The highest BCUT2D eigenvalue weighted by atomic mass is 32.1. The molecule has 0 bridgehead atoms. The number of carbonyl (C=O) groups excluding carboxylic acids is 3. The molecule has 0 saturated carbocycles. The van der Waals surface area contributed by atoms with Crippen molar-refractivity contribution in [3.05, 3.63) is 40.6 Å². The zero-order valence-corrected chi connectivity index (χ0v) is 19.4. The Morgan fingerprint density at radius 2 is 1.97 bits per heavy atom. The summed E-state index contributed by atoms with van der Waals surface area (Å²) in [6.45, 7) is 4.74. The van der Waals surface area contributed by atoms with Crippen LogP contribution in [0.2, 0.25) is 0 Å². The Labute approximate surface area is 195 Å². The van der Waals surface area contributed by atoms with Crippen LogP contribution in [0.3, 0.4) is 0 Å². The van der Waals surface area contributed by atoms with Crippen LogP contribution in [-0.2, 0) is 19.1 Å². The summed E-state index contributed by atoms with van der Waals surface area (Å²) >= 11 is 1.50. The highest BCUT2D eigenvalue weighted by Crippen LogP contribution is 2.52. The zero-order chi connectivity index (χ0) is 23.2. The molecule has 1 aromatic heterocycles. The number of carbonyl (C=O) groups is 3. The van der Waals surface area contributed by atoms with Crippen molar-refractivity contribution in [3.8, 4) is 11.5 Å². The van der Waals surface area contributed by atoms with Crippen molar-refractivity contribution in [1.29, 1.82) is 0 Å². The van der Waals surface area contributed by atoms with Crippen LogP contribution in [-0.4, -0.2) is 43.1 Å². The number of thiophene rings is 1. The molecule has 0 radical (unpaired) electrons. The largest absolute Gasteiger partial charge is 0.486 e. The second kappa shape index (κ2) is 8.46. The maximum atomic E-state index is 13.9. The number of esters is 1. The number of nitrogens with one attached hydrogen (secondary N) is 1. The summed E-state index contributed by atoms with van der Waals surface area (Å²) in [6.07, 6.45) is 1.04. The SMILES string of the molecule is CCC[C@]1(C(=O)OCC)N[C@H](c2cccs2)[C@@H]2C(=O)N(c3ccc4c(c3)OCCO4)C(=O)[C@H]21. The quantitative estimate of drug-likeness (QED) is 0.512. The second-order valence-corrected chi connectivity index (χ2v) is 9.40. The summed E-state index contributed by atoms with van der Waals surface area (Å²) in [5.41, 5.74) is -0.845. The summed E-state index contributed by atoms with van der Waals surface area (Å²) < 4.78 is 16.7. The number of hydrogen-bond donors (Lipinski definition) is 1. The Morgan fingerprint density at radius 3 is 2.67 bits per heavy atom. The zero-order valence-electron chi connectivity index (χ0n) is 18.5. The van der Waals surface area contributed by atoms with Crippen LogP contribution in [0.1, 0.15) is 37.6 Å². The number of imide groups is 1. The van der Waals surface area contributed by atoms with E-state index in [1.165, 1.54) is 16.2 Å². The predicted molar refractivity (Wildman–Crippen MR) is 121 cm³/mol. The van der Waals surface area contributed by atoms with E-state index in [2.05, 4.69) is 5.32 Å². The molecule has 0 spiro atoms. The molecule has 8 nitrogen and oxygen atoms in total. The Kier molecular flexibility index (Phi) is 5.62. The van der Waals surface area contributed by atoms with Crippen LogP contribution in [0.4, 0.5) is 5.69 Å². The van der Waals surface area contributed by atoms with Gasteiger partial charge < -0.3 is 14.2 Å². The van der Waals surface area contributed by atoms with Gasteiger partial charge >= 0.3 is 5.97 Å². The Hall–Kier alpha value is -2.91. The molecule has 1 aromatic carbocycles. The van der Waals surface area contributed by atoms with Gasteiger partial charge in [0, 0.05) is 10.9 Å². The topological polar surface area (TPSA) is 94.2 Å². The lowest BCUT2D eigenvalue weighted by Gasteiger charge is -2.32. The maximum absolute atomic E-state index is 13.9. The third-order valence-electron chi connectivity index (χ3n) is 6.57. The summed E-state index contributed by atoms with van der Waals surface area (Å²) in [5.74, 6) is -1.69. The number of anilines is 1. The first-order valence-corrected chi connectivity index (χ1v) is 12.2. The smallest absolute Gasteiger partial charge is 0.327 e. The van der Waals surface area contributed by atoms with Gasteiger partial charge in [0.1, 0.15) is 18.8 Å². The molecule has 5 rings (SSSR count). The molecule has 1 N–H and O–H groups in total. The summed E-state index contributed by atoms with van der Waals surface area (Å²) in [7, 11) is 0. The van der Waals surface area contributed by atoms with E-state index in [0.29, 0.717) is 43.2 Å². The molecule has 9 heteroatoms. The Morgan fingerprint density at radius 1 is 1.18 bits per heavy atom. The average molecular weight is 471 g/mol. The average Bonchev–Trinajstić information content (AvgIpc) is 3.51. The summed E-state index contributed by atoms with van der Waals surface area (Å²) in [4.78, 5) is 43.1. The molecule has 0 aliphatic carbocycles. The van der Waals surface area contributed by atoms with Crippen LogP contribution in [0, 0.1) is 11.8 Å². The molecule has 2 fully saturated rings. The minimum absolute atomic E-state index is 0.195. The predicted octanol–water partition coefficient (Wildman–Crippen LogP) is 3.07. The number of ether oxygens (including phenoxy) is 3. The van der Waals surface area contributed by atoms with E-state index in [1.54, 1.807) is 25.1 Å². The molecule has 4 atom stereocenters. The van der Waals surface area contributed by atoms with Crippen LogP contribution < -0.4 is 19.7 Å². The number of nitrogens with zero attached hydrogens (tertiary/aromatic N) is 1. The van der Waals surface area contributed by atoms with Crippen LogP contribution >= 0.6 is 11.3 Å². The fourth-order valence-electron chi connectivity index (χ4n) is 5.31. The van der Waals surface area contributed by atoms with Crippen LogP contribution in [0.15, 0.2) is 35.7 Å². The Balaban J connectivity index is 1.60. The van der Waals surface area contributed by atoms with Crippen molar-refractivity contribution in [3.63, 3.8) is 0 Å². The highest BCUT2D eigenvalue weighted by Gasteiger charge is 2.68. The van der Waals surface area contributed by atoms with Gasteiger partial charge in [-0.3, -0.25) is 19.7 Å². The van der Waals surface area contributed by atoms with E-state index in [9.17, 15) is 14.4 Å². The first kappa shape index (κ1) is 21.9. The third-order valence-corrected chi connectivity index (χ3v) is 7.53. The minimum atomic E-state index is -1.26. The molecule has 4 heterocycles. The van der Waals surface area contributed by atoms with Crippen molar-refractivity contribution in [2.45, 2.75) is 38.3 Å². The molecule has 174 valence electrons. The molecule has 3 aliphatic heterocycles. The molecule has 0 unspecified atom stereocenters. The minimum Gasteiger partial charge on any atom is -0.486 e. The number of benzene rings is 1. The van der Waals surface area contributed by atoms with Gasteiger partial charge in [-0.1, -0.05) is 19.4 Å². The second-order valence-electron chi connectivity index (χ2n) is 8.42. The number of rotatable bonds is 6. The first-order chi connectivity index (χ1) is 16.0. The van der Waals surface area contributed by atoms with Crippen molar-refractivity contribution in [2.24, 2.45) is 11.8 Å². The lowest BCUT2D eigenvalue weighted by Crippen LogP contribution is -2.56. The molecule has 2 amide bonds. The maximum Gasteiger partial charge on any atom is 0.327 e. The molecule has 2 saturated heterocycles. The van der Waals surface area contributed by atoms with Gasteiger partial charge in [-0.25, -0.2) is 4.90 Å². The lowest BCUT2D eigenvalue weighted by atomic mass is 9.77. The molecule has 33 heavy (non-hydrogen) atoms. The normalized spacial score (nSPS) is 28.2. The van der Waals surface area contributed by atoms with Crippen molar-refractivity contribution >= 4 is 34.8 Å². The first-order valence-electron chi connectivity index (χ1n) is 11.3. The third kappa shape index (κ3) is 3.33. The van der Waals surface area contributed by atoms with E-state index >= 15 is 0 Å². The van der Waals surface area contributed by atoms with Gasteiger partial charge in [0.25, 0.3) is 0 Å². The molecule has 2 aromatic rings. The van der Waals surface area contributed by atoms with Gasteiger partial charge in [0.15, 0.2) is 11.5 Å². The van der Waals surface area contributed by atoms with Crippen LogP contribution in [0.5, 0.6) is 11.5 Å². The van der Waals surface area contributed by atoms with Gasteiger partial charge in [0.05, 0.1) is 30.2 Å². The van der Waals surface area contributed by atoms with E-state index in [0.717, 1.165) is 4.88 Å². The fraction of sp³-hybridized carbons (Fsp3) is 0.458. The van der Waals surface area contributed by atoms with E-state index < -0.39 is 35.3 Å². The summed E-state index contributed by atoms with van der Waals surface area (Å²) in [5, 5.41) is 5.33. The molecular formula is C24H26N2O6S. The fourth-order valence-corrected chi connectivity index (χ4v) is 6.14. The highest BCUT2D eigenvalue weighted by molar-refractivity contribution is 7.10.